The number of nitrogens with zero attached hydrogens (tertiary/aromatic N) is 1. The van der Waals surface area contributed by atoms with E-state index in [9.17, 15) is 18.4 Å². The van der Waals surface area contributed by atoms with Gasteiger partial charge in [0.25, 0.3) is 0 Å². The number of hydrogen-bond donors (Lipinski definition) is 3. The highest BCUT2D eigenvalue weighted by Crippen LogP contribution is 2.15. The Kier molecular flexibility index (Phi) is 8.63. The Morgan fingerprint density at radius 1 is 1.21 bits per heavy atom. The van der Waals surface area contributed by atoms with Crippen LogP contribution in [0.2, 0.25) is 0 Å². The van der Waals surface area contributed by atoms with E-state index < -0.39 is 11.6 Å². The van der Waals surface area contributed by atoms with Gasteiger partial charge in [0.2, 0.25) is 5.91 Å². The standard InChI is InChI=1S/C20H30F2N4O2/c1-3-14(2)24-19(27)6-9-23-20(28)25-16-7-10-26(11-8-16)13-15-4-5-17(21)18(22)12-15/h4-5,12,14,16H,3,6-11,13H2,1-2H3,(H,24,27)(H2,23,25,28). The third kappa shape index (κ3) is 7.42. The summed E-state index contributed by atoms with van der Waals surface area (Å²) in [6.45, 7) is 6.32. The smallest absolute Gasteiger partial charge is 0.315 e. The van der Waals surface area contributed by atoms with Crippen LogP contribution in [0, 0.1) is 11.6 Å². The van der Waals surface area contributed by atoms with Crippen LogP contribution < -0.4 is 16.0 Å². The minimum atomic E-state index is -0.838. The van der Waals surface area contributed by atoms with Crippen LogP contribution in [0.5, 0.6) is 0 Å². The monoisotopic (exact) mass is 396 g/mol. The van der Waals surface area contributed by atoms with E-state index in [4.69, 9.17) is 0 Å². The molecule has 1 aliphatic rings. The van der Waals surface area contributed by atoms with E-state index >= 15 is 0 Å². The molecule has 3 N–H and O–H groups in total. The fraction of sp³-hybridized carbons (Fsp3) is 0.600. The number of piperidine rings is 1. The maximum Gasteiger partial charge on any atom is 0.315 e. The molecular formula is C20H30F2N4O2. The largest absolute Gasteiger partial charge is 0.354 e. The van der Waals surface area contributed by atoms with Gasteiger partial charge in [-0.15, -0.1) is 0 Å². The summed E-state index contributed by atoms with van der Waals surface area (Å²) in [6.07, 6.45) is 2.69. The summed E-state index contributed by atoms with van der Waals surface area (Å²) in [5.74, 6) is -1.74. The van der Waals surface area contributed by atoms with Crippen LogP contribution in [0.3, 0.4) is 0 Å². The van der Waals surface area contributed by atoms with Gasteiger partial charge in [-0.05, 0) is 43.9 Å². The first-order valence-electron chi connectivity index (χ1n) is 9.87. The van der Waals surface area contributed by atoms with Gasteiger partial charge in [0.1, 0.15) is 0 Å². The predicted molar refractivity (Wildman–Crippen MR) is 104 cm³/mol. The lowest BCUT2D eigenvalue weighted by molar-refractivity contribution is -0.121. The molecule has 6 nitrogen and oxygen atoms in total. The molecule has 0 spiro atoms. The number of urea groups is 1. The van der Waals surface area contributed by atoms with Gasteiger partial charge in [-0.25, -0.2) is 13.6 Å². The van der Waals surface area contributed by atoms with Gasteiger partial charge < -0.3 is 16.0 Å². The highest BCUT2D eigenvalue weighted by Gasteiger charge is 2.21. The van der Waals surface area contributed by atoms with Crippen molar-refractivity contribution in [2.45, 2.75) is 58.2 Å². The zero-order valence-corrected chi connectivity index (χ0v) is 16.6. The fourth-order valence-corrected chi connectivity index (χ4v) is 3.11. The lowest BCUT2D eigenvalue weighted by atomic mass is 10.0. The number of likely N-dealkylation sites (tertiary alicyclic amines) is 1. The highest BCUT2D eigenvalue weighted by atomic mass is 19.2. The van der Waals surface area contributed by atoms with Gasteiger partial charge in [-0.3, -0.25) is 9.69 Å². The number of hydrogen-bond acceptors (Lipinski definition) is 3. The molecular weight excluding hydrogens is 366 g/mol. The van der Waals surface area contributed by atoms with Crippen LogP contribution in [-0.2, 0) is 11.3 Å². The van der Waals surface area contributed by atoms with Crippen LogP contribution in [0.4, 0.5) is 13.6 Å². The van der Waals surface area contributed by atoms with Gasteiger partial charge >= 0.3 is 6.03 Å². The van der Waals surface area contributed by atoms with Crippen molar-refractivity contribution in [1.29, 1.82) is 0 Å². The summed E-state index contributed by atoms with van der Waals surface area (Å²) >= 11 is 0. The minimum absolute atomic E-state index is 0.0649. The number of benzene rings is 1. The van der Waals surface area contributed by atoms with E-state index in [1.807, 2.05) is 13.8 Å². The molecule has 0 bridgehead atoms. The van der Waals surface area contributed by atoms with Gasteiger partial charge in [-0.2, -0.15) is 0 Å². The van der Waals surface area contributed by atoms with Crippen LogP contribution >= 0.6 is 0 Å². The molecule has 8 heteroatoms. The molecule has 156 valence electrons. The van der Waals surface area contributed by atoms with E-state index in [1.165, 1.54) is 6.07 Å². The van der Waals surface area contributed by atoms with Crippen molar-refractivity contribution in [3.8, 4) is 0 Å². The Morgan fingerprint density at radius 3 is 2.57 bits per heavy atom. The molecule has 1 fully saturated rings. The molecule has 0 radical (unpaired) electrons. The van der Waals surface area contributed by atoms with Crippen molar-refractivity contribution >= 4 is 11.9 Å². The number of halogens is 2. The topological polar surface area (TPSA) is 73.5 Å². The fourth-order valence-electron chi connectivity index (χ4n) is 3.11. The summed E-state index contributed by atoms with van der Waals surface area (Å²) in [5.41, 5.74) is 0.735. The van der Waals surface area contributed by atoms with Crippen LogP contribution in [0.1, 0.15) is 45.1 Å². The third-order valence-electron chi connectivity index (χ3n) is 4.97. The SMILES string of the molecule is CCC(C)NC(=O)CCNC(=O)NC1CCN(Cc2ccc(F)c(F)c2)CC1. The molecule has 0 aliphatic carbocycles. The summed E-state index contributed by atoms with van der Waals surface area (Å²) in [6, 6.07) is 3.90. The second kappa shape index (κ2) is 10.9. The highest BCUT2D eigenvalue weighted by molar-refractivity contribution is 5.78. The molecule has 3 amide bonds. The molecule has 1 saturated heterocycles. The van der Waals surface area contributed by atoms with Crippen molar-refractivity contribution in [3.63, 3.8) is 0 Å². The van der Waals surface area contributed by atoms with Gasteiger partial charge in [0, 0.05) is 44.7 Å². The lowest BCUT2D eigenvalue weighted by Gasteiger charge is -2.32. The molecule has 0 aromatic heterocycles. The van der Waals surface area contributed by atoms with Crippen LogP contribution in [0.25, 0.3) is 0 Å². The molecule has 1 aromatic rings. The number of carbonyl (C=O) groups excluding carboxylic acids is 2. The summed E-state index contributed by atoms with van der Waals surface area (Å²) in [4.78, 5) is 25.8. The molecule has 1 aromatic carbocycles. The zero-order chi connectivity index (χ0) is 20.5. The first-order valence-corrected chi connectivity index (χ1v) is 9.87. The maximum absolute atomic E-state index is 13.3. The van der Waals surface area contributed by atoms with Crippen molar-refractivity contribution in [2.75, 3.05) is 19.6 Å². The van der Waals surface area contributed by atoms with E-state index in [0.29, 0.717) is 13.1 Å². The number of nitrogens with one attached hydrogen (secondary N) is 3. The second-order valence-corrected chi connectivity index (χ2v) is 7.33. The Morgan fingerprint density at radius 2 is 1.93 bits per heavy atom. The third-order valence-corrected chi connectivity index (χ3v) is 4.97. The van der Waals surface area contributed by atoms with Crippen molar-refractivity contribution in [2.24, 2.45) is 0 Å². The Bertz CT molecular complexity index is 664. The number of amides is 3. The van der Waals surface area contributed by atoms with Crippen LogP contribution in [-0.4, -0.2) is 48.6 Å². The maximum atomic E-state index is 13.3. The molecule has 28 heavy (non-hydrogen) atoms. The first-order chi connectivity index (χ1) is 13.4. The van der Waals surface area contributed by atoms with Crippen LogP contribution in [0.15, 0.2) is 18.2 Å². The Labute approximate surface area is 165 Å². The molecule has 1 atom stereocenters. The lowest BCUT2D eigenvalue weighted by Crippen LogP contribution is -2.48. The molecule has 1 heterocycles. The minimum Gasteiger partial charge on any atom is -0.354 e. The van der Waals surface area contributed by atoms with E-state index in [0.717, 1.165) is 44.0 Å². The molecule has 1 unspecified atom stereocenters. The Balaban J connectivity index is 1.63. The zero-order valence-electron chi connectivity index (χ0n) is 16.6. The molecule has 2 rings (SSSR count). The van der Waals surface area contributed by atoms with E-state index in [1.54, 1.807) is 6.07 Å². The predicted octanol–water partition coefficient (Wildman–Crippen LogP) is 2.53. The molecule has 0 saturated carbocycles. The quantitative estimate of drug-likeness (QED) is 0.632. The summed E-state index contributed by atoms with van der Waals surface area (Å²) in [5, 5.41) is 8.50. The normalized spacial score (nSPS) is 16.4. The van der Waals surface area contributed by atoms with Gasteiger partial charge in [0.05, 0.1) is 0 Å². The second-order valence-electron chi connectivity index (χ2n) is 7.33. The average molecular weight is 396 g/mol. The Hall–Kier alpha value is -2.22. The average Bonchev–Trinajstić information content (AvgIpc) is 2.66. The molecule has 1 aliphatic heterocycles. The first kappa shape index (κ1) is 22.1. The summed E-state index contributed by atoms with van der Waals surface area (Å²) in [7, 11) is 0. The van der Waals surface area contributed by atoms with E-state index in [2.05, 4.69) is 20.9 Å². The number of carbonyl (C=O) groups is 2. The van der Waals surface area contributed by atoms with Crippen molar-refractivity contribution < 1.29 is 18.4 Å². The van der Waals surface area contributed by atoms with Gasteiger partial charge in [0.15, 0.2) is 11.6 Å². The van der Waals surface area contributed by atoms with E-state index in [-0.39, 0.29) is 30.4 Å². The summed E-state index contributed by atoms with van der Waals surface area (Å²) < 4.78 is 26.3. The number of rotatable bonds is 8. The van der Waals surface area contributed by atoms with Crippen molar-refractivity contribution in [1.82, 2.24) is 20.9 Å². The van der Waals surface area contributed by atoms with Crippen molar-refractivity contribution in [3.05, 3.63) is 35.4 Å². The van der Waals surface area contributed by atoms with Gasteiger partial charge in [-0.1, -0.05) is 13.0 Å².